The van der Waals surface area contributed by atoms with E-state index < -0.39 is 6.29 Å². The Morgan fingerprint density at radius 2 is 2.27 bits per heavy atom. The SMILES string of the molecule is C=C/C=C\C=C(/C)SC1CC(C)OC1O. The van der Waals surface area contributed by atoms with Gasteiger partial charge in [-0.1, -0.05) is 30.9 Å². The van der Waals surface area contributed by atoms with E-state index in [0.29, 0.717) is 0 Å². The molecule has 2 nitrogen and oxygen atoms in total. The van der Waals surface area contributed by atoms with Crippen LogP contribution in [0.1, 0.15) is 20.3 Å². The van der Waals surface area contributed by atoms with E-state index in [4.69, 9.17) is 4.74 Å². The lowest BCUT2D eigenvalue weighted by atomic mass is 10.2. The summed E-state index contributed by atoms with van der Waals surface area (Å²) in [5.41, 5.74) is 0. The largest absolute Gasteiger partial charge is 0.367 e. The van der Waals surface area contributed by atoms with Gasteiger partial charge in [0.25, 0.3) is 0 Å². The number of aliphatic hydroxyl groups excluding tert-OH is 1. The molecule has 0 aromatic rings. The van der Waals surface area contributed by atoms with Gasteiger partial charge in [-0.05, 0) is 25.2 Å². The van der Waals surface area contributed by atoms with Gasteiger partial charge in [-0.25, -0.2) is 0 Å². The maximum atomic E-state index is 9.58. The summed E-state index contributed by atoms with van der Waals surface area (Å²) in [7, 11) is 0. The van der Waals surface area contributed by atoms with E-state index in [9.17, 15) is 5.11 Å². The third kappa shape index (κ3) is 4.24. The Bertz CT molecular complexity index is 271. The van der Waals surface area contributed by atoms with Gasteiger partial charge in [0.2, 0.25) is 0 Å². The maximum Gasteiger partial charge on any atom is 0.167 e. The molecule has 0 aromatic carbocycles. The Kier molecular flexibility index (Phi) is 5.15. The van der Waals surface area contributed by atoms with Crippen molar-refractivity contribution in [3.05, 3.63) is 35.8 Å². The first kappa shape index (κ1) is 12.6. The van der Waals surface area contributed by atoms with Gasteiger partial charge < -0.3 is 9.84 Å². The monoisotopic (exact) mass is 226 g/mol. The molecule has 0 saturated carbocycles. The molecule has 3 heteroatoms. The normalized spacial score (nSPS) is 32.5. The molecular formula is C12H18O2S. The molecule has 1 aliphatic rings. The fraction of sp³-hybridized carbons (Fsp3) is 0.500. The van der Waals surface area contributed by atoms with Gasteiger partial charge >= 0.3 is 0 Å². The quantitative estimate of drug-likeness (QED) is 0.747. The second kappa shape index (κ2) is 6.16. The molecule has 15 heavy (non-hydrogen) atoms. The highest BCUT2D eigenvalue weighted by Gasteiger charge is 2.31. The van der Waals surface area contributed by atoms with Crippen LogP contribution in [0.5, 0.6) is 0 Å². The summed E-state index contributed by atoms with van der Waals surface area (Å²) < 4.78 is 5.27. The minimum Gasteiger partial charge on any atom is -0.367 e. The second-order valence-electron chi connectivity index (χ2n) is 3.63. The minimum absolute atomic E-state index is 0.161. The van der Waals surface area contributed by atoms with Gasteiger partial charge in [0, 0.05) is 0 Å². The molecule has 0 spiro atoms. The van der Waals surface area contributed by atoms with Crippen molar-refractivity contribution in [2.24, 2.45) is 0 Å². The maximum absolute atomic E-state index is 9.58. The average Bonchev–Trinajstić information content (AvgIpc) is 2.45. The van der Waals surface area contributed by atoms with E-state index in [1.54, 1.807) is 17.8 Å². The number of thioether (sulfide) groups is 1. The summed E-state index contributed by atoms with van der Waals surface area (Å²) >= 11 is 1.67. The summed E-state index contributed by atoms with van der Waals surface area (Å²) in [6.45, 7) is 7.62. The average molecular weight is 226 g/mol. The molecule has 0 aromatic heterocycles. The molecule has 1 heterocycles. The van der Waals surface area contributed by atoms with E-state index >= 15 is 0 Å². The topological polar surface area (TPSA) is 29.5 Å². The van der Waals surface area contributed by atoms with Gasteiger partial charge in [0.15, 0.2) is 6.29 Å². The van der Waals surface area contributed by atoms with Gasteiger partial charge in [0.1, 0.15) is 0 Å². The van der Waals surface area contributed by atoms with Gasteiger partial charge in [-0.15, -0.1) is 11.8 Å². The minimum atomic E-state index is -0.628. The van der Waals surface area contributed by atoms with Crippen LogP contribution in [0.25, 0.3) is 0 Å². The molecule has 0 radical (unpaired) electrons. The second-order valence-corrected chi connectivity index (χ2v) is 5.11. The Morgan fingerprint density at radius 1 is 1.53 bits per heavy atom. The first-order valence-electron chi connectivity index (χ1n) is 5.09. The van der Waals surface area contributed by atoms with Crippen LogP contribution in [0, 0.1) is 0 Å². The Morgan fingerprint density at radius 3 is 2.80 bits per heavy atom. The zero-order valence-electron chi connectivity index (χ0n) is 9.22. The highest BCUT2D eigenvalue weighted by atomic mass is 32.2. The Balaban J connectivity index is 2.44. The van der Waals surface area contributed by atoms with Crippen molar-refractivity contribution in [2.75, 3.05) is 0 Å². The van der Waals surface area contributed by atoms with Crippen molar-refractivity contribution in [3.63, 3.8) is 0 Å². The molecule has 1 saturated heterocycles. The standard InChI is InChI=1S/C12H18O2S/c1-4-5-6-7-10(3)15-11-8-9(2)14-12(11)13/h4-7,9,11-13H,1,8H2,2-3H3/b6-5-,10-7+. The van der Waals surface area contributed by atoms with Crippen LogP contribution in [0.2, 0.25) is 0 Å². The molecule has 1 N–H and O–H groups in total. The molecule has 3 unspecified atom stereocenters. The smallest absolute Gasteiger partial charge is 0.167 e. The lowest BCUT2D eigenvalue weighted by Gasteiger charge is -2.11. The highest BCUT2D eigenvalue weighted by Crippen LogP contribution is 2.33. The van der Waals surface area contributed by atoms with Crippen LogP contribution in [-0.4, -0.2) is 22.8 Å². The van der Waals surface area contributed by atoms with Crippen LogP contribution in [0.3, 0.4) is 0 Å². The van der Waals surface area contributed by atoms with Crippen molar-refractivity contribution < 1.29 is 9.84 Å². The zero-order chi connectivity index (χ0) is 11.3. The third-order valence-corrected chi connectivity index (χ3v) is 3.41. The lowest BCUT2D eigenvalue weighted by molar-refractivity contribution is -0.0826. The van der Waals surface area contributed by atoms with Crippen LogP contribution in [0.4, 0.5) is 0 Å². The van der Waals surface area contributed by atoms with Crippen LogP contribution >= 0.6 is 11.8 Å². The summed E-state index contributed by atoms with van der Waals surface area (Å²) in [5, 5.41) is 9.74. The van der Waals surface area contributed by atoms with E-state index in [2.05, 4.69) is 6.58 Å². The van der Waals surface area contributed by atoms with E-state index in [1.807, 2.05) is 32.1 Å². The summed E-state index contributed by atoms with van der Waals surface area (Å²) in [5.74, 6) is 0. The van der Waals surface area contributed by atoms with Crippen molar-refractivity contribution in [1.29, 1.82) is 0 Å². The van der Waals surface area contributed by atoms with Crippen molar-refractivity contribution >= 4 is 11.8 Å². The zero-order valence-corrected chi connectivity index (χ0v) is 10.0. The summed E-state index contributed by atoms with van der Waals surface area (Å²) in [6.07, 6.45) is 8.02. The number of hydrogen-bond acceptors (Lipinski definition) is 3. The number of ether oxygens (including phenoxy) is 1. The predicted octanol–water partition coefficient (Wildman–Crippen LogP) is 2.86. The van der Waals surface area contributed by atoms with E-state index in [0.717, 1.165) is 6.42 Å². The van der Waals surface area contributed by atoms with E-state index in [1.165, 1.54) is 4.91 Å². The van der Waals surface area contributed by atoms with Crippen molar-refractivity contribution in [3.8, 4) is 0 Å². The molecule has 1 rings (SSSR count). The first-order chi connectivity index (χ1) is 7.13. The van der Waals surface area contributed by atoms with Crippen molar-refractivity contribution in [2.45, 2.75) is 37.9 Å². The van der Waals surface area contributed by atoms with Gasteiger partial charge in [-0.2, -0.15) is 0 Å². The molecule has 3 atom stereocenters. The molecule has 1 aliphatic heterocycles. The molecule has 0 bridgehead atoms. The van der Waals surface area contributed by atoms with E-state index in [-0.39, 0.29) is 11.4 Å². The lowest BCUT2D eigenvalue weighted by Crippen LogP contribution is -2.16. The molecule has 0 amide bonds. The molecule has 0 aliphatic carbocycles. The number of rotatable bonds is 4. The summed E-state index contributed by atoms with van der Waals surface area (Å²) in [6, 6.07) is 0. The van der Waals surface area contributed by atoms with Crippen molar-refractivity contribution in [1.82, 2.24) is 0 Å². The molecule has 1 fully saturated rings. The fourth-order valence-corrected chi connectivity index (χ4v) is 2.66. The number of aliphatic hydroxyl groups is 1. The molecule has 84 valence electrons. The summed E-state index contributed by atoms with van der Waals surface area (Å²) in [4.78, 5) is 1.18. The fourth-order valence-electron chi connectivity index (χ4n) is 1.48. The van der Waals surface area contributed by atoms with Gasteiger partial charge in [-0.3, -0.25) is 0 Å². The van der Waals surface area contributed by atoms with Crippen LogP contribution in [-0.2, 0) is 4.74 Å². The third-order valence-electron chi connectivity index (χ3n) is 2.17. The Labute approximate surface area is 95.7 Å². The van der Waals surface area contributed by atoms with Crippen LogP contribution in [0.15, 0.2) is 35.8 Å². The molecular weight excluding hydrogens is 208 g/mol. The predicted molar refractivity (Wildman–Crippen MR) is 65.6 cm³/mol. The first-order valence-corrected chi connectivity index (χ1v) is 5.97. The van der Waals surface area contributed by atoms with Gasteiger partial charge in [0.05, 0.1) is 11.4 Å². The van der Waals surface area contributed by atoms with Crippen LogP contribution < -0.4 is 0 Å². The number of allylic oxidation sites excluding steroid dienone is 5. The number of hydrogen-bond donors (Lipinski definition) is 1. The highest BCUT2D eigenvalue weighted by molar-refractivity contribution is 8.03. The Hall–Kier alpha value is -0.510.